The van der Waals surface area contributed by atoms with Crippen LogP contribution in [-0.2, 0) is 9.59 Å². The summed E-state index contributed by atoms with van der Waals surface area (Å²) >= 11 is 0. The maximum Gasteiger partial charge on any atom is 0.320 e. The molecule has 0 unspecified atom stereocenters. The van der Waals surface area contributed by atoms with Gasteiger partial charge in [0.2, 0.25) is 5.91 Å². The van der Waals surface area contributed by atoms with E-state index in [1.807, 2.05) is 0 Å². The van der Waals surface area contributed by atoms with E-state index in [-0.39, 0.29) is 5.91 Å². The summed E-state index contributed by atoms with van der Waals surface area (Å²) in [7, 11) is 3.55. The van der Waals surface area contributed by atoms with Crippen LogP contribution < -0.4 is 5.32 Å². The fourth-order valence-corrected chi connectivity index (χ4v) is 2.51. The summed E-state index contributed by atoms with van der Waals surface area (Å²) in [5.74, 6) is -0.691. The molecule has 0 aromatic heterocycles. The minimum Gasteiger partial charge on any atom is -0.480 e. The number of unbranched alkanes of at least 4 members (excludes halogenated alkanes) is 5. The molecule has 0 aromatic carbocycles. The number of carbonyl (C=O) groups is 2. The molecule has 0 aliphatic rings. The van der Waals surface area contributed by atoms with Crippen molar-refractivity contribution in [2.24, 2.45) is 0 Å². The van der Waals surface area contributed by atoms with Crippen LogP contribution in [0.5, 0.6) is 0 Å². The minimum atomic E-state index is -0.785. The Morgan fingerprint density at radius 1 is 1.04 bits per heavy atom. The smallest absolute Gasteiger partial charge is 0.320 e. The number of carboxylic acids is 1. The topological polar surface area (TPSA) is 69.6 Å². The van der Waals surface area contributed by atoms with E-state index in [9.17, 15) is 9.59 Å². The van der Waals surface area contributed by atoms with Crippen LogP contribution >= 0.6 is 0 Å². The monoisotopic (exact) mass is 340 g/mol. The molecule has 1 amide bonds. The van der Waals surface area contributed by atoms with Gasteiger partial charge in [-0.05, 0) is 59.0 Å². The normalized spacial score (nSPS) is 12.7. The predicted octanol–water partition coefficient (Wildman–Crippen LogP) is 3.59. The number of nitrogens with one attached hydrogen (secondary N) is 1. The molecule has 0 fully saturated rings. The SMILES string of the molecule is CCCCC/C=C/CCCC(=O)NCCCC[C@@H](C(=O)O)N(C)C. The standard InChI is InChI=1S/C19H36N2O3/c1-4-5-6-7-8-9-10-11-15-18(22)20-16-13-12-14-17(19(23)24)21(2)3/h8-9,17H,4-7,10-16H2,1-3H3,(H,20,22)(H,23,24)/b9-8+/t17-/m0/s1. The van der Waals surface area contributed by atoms with Crippen molar-refractivity contribution < 1.29 is 14.7 Å². The van der Waals surface area contributed by atoms with Crippen LogP contribution in [0.4, 0.5) is 0 Å². The highest BCUT2D eigenvalue weighted by Crippen LogP contribution is 2.06. The number of hydrogen-bond donors (Lipinski definition) is 2. The zero-order valence-electron chi connectivity index (χ0n) is 15.7. The third-order valence-electron chi connectivity index (χ3n) is 4.05. The zero-order valence-corrected chi connectivity index (χ0v) is 15.7. The van der Waals surface area contributed by atoms with Gasteiger partial charge in [0.05, 0.1) is 0 Å². The van der Waals surface area contributed by atoms with Crippen molar-refractivity contribution in [3.63, 3.8) is 0 Å². The molecule has 5 nitrogen and oxygen atoms in total. The Bertz CT molecular complexity index is 368. The van der Waals surface area contributed by atoms with Gasteiger partial charge in [0.15, 0.2) is 0 Å². The van der Waals surface area contributed by atoms with Gasteiger partial charge in [-0.15, -0.1) is 0 Å². The molecule has 0 radical (unpaired) electrons. The number of carbonyl (C=O) groups excluding carboxylic acids is 1. The number of hydrogen-bond acceptors (Lipinski definition) is 3. The summed E-state index contributed by atoms with van der Waals surface area (Å²) in [6.07, 6.45) is 14.0. The van der Waals surface area contributed by atoms with Crippen molar-refractivity contribution in [3.8, 4) is 0 Å². The van der Waals surface area contributed by atoms with Crippen LogP contribution in [0, 0.1) is 0 Å². The Balaban J connectivity index is 3.55. The van der Waals surface area contributed by atoms with Gasteiger partial charge in [-0.3, -0.25) is 14.5 Å². The fourth-order valence-electron chi connectivity index (χ4n) is 2.51. The first-order valence-electron chi connectivity index (χ1n) is 9.30. The first kappa shape index (κ1) is 22.6. The maximum atomic E-state index is 11.7. The lowest BCUT2D eigenvalue weighted by Crippen LogP contribution is -2.35. The molecule has 0 saturated heterocycles. The summed E-state index contributed by atoms with van der Waals surface area (Å²) in [6.45, 7) is 2.83. The van der Waals surface area contributed by atoms with Crippen molar-refractivity contribution >= 4 is 11.9 Å². The highest BCUT2D eigenvalue weighted by Gasteiger charge is 2.18. The fraction of sp³-hybridized carbons (Fsp3) is 0.789. The van der Waals surface area contributed by atoms with Gasteiger partial charge in [0, 0.05) is 13.0 Å². The van der Waals surface area contributed by atoms with Crippen LogP contribution in [0.25, 0.3) is 0 Å². The van der Waals surface area contributed by atoms with Gasteiger partial charge in [-0.2, -0.15) is 0 Å². The van der Waals surface area contributed by atoms with E-state index in [1.165, 1.54) is 19.3 Å². The van der Waals surface area contributed by atoms with Crippen molar-refractivity contribution in [1.29, 1.82) is 0 Å². The van der Waals surface area contributed by atoms with E-state index >= 15 is 0 Å². The molecule has 24 heavy (non-hydrogen) atoms. The Labute approximate surface area is 147 Å². The molecule has 0 rings (SSSR count). The maximum absolute atomic E-state index is 11.7. The second-order valence-electron chi connectivity index (χ2n) is 6.52. The summed E-state index contributed by atoms with van der Waals surface area (Å²) in [6, 6.07) is -0.440. The first-order valence-corrected chi connectivity index (χ1v) is 9.30. The second kappa shape index (κ2) is 15.2. The molecule has 1 atom stereocenters. The lowest BCUT2D eigenvalue weighted by molar-refractivity contribution is -0.142. The van der Waals surface area contributed by atoms with Gasteiger partial charge >= 0.3 is 5.97 Å². The van der Waals surface area contributed by atoms with Crippen molar-refractivity contribution in [1.82, 2.24) is 10.2 Å². The number of aliphatic carboxylic acids is 1. The van der Waals surface area contributed by atoms with Gasteiger partial charge in [0.25, 0.3) is 0 Å². The first-order chi connectivity index (χ1) is 11.5. The summed E-state index contributed by atoms with van der Waals surface area (Å²) in [4.78, 5) is 24.5. The highest BCUT2D eigenvalue weighted by atomic mass is 16.4. The van der Waals surface area contributed by atoms with Crippen LogP contribution in [0.2, 0.25) is 0 Å². The largest absolute Gasteiger partial charge is 0.480 e. The number of nitrogens with zero attached hydrogens (tertiary/aromatic N) is 1. The van der Waals surface area contributed by atoms with Gasteiger partial charge in [-0.25, -0.2) is 0 Å². The Morgan fingerprint density at radius 3 is 2.29 bits per heavy atom. The summed E-state index contributed by atoms with van der Waals surface area (Å²) < 4.78 is 0. The Kier molecular flexibility index (Phi) is 14.3. The predicted molar refractivity (Wildman–Crippen MR) is 99.1 cm³/mol. The molecule has 0 spiro atoms. The molecule has 0 heterocycles. The minimum absolute atomic E-state index is 0.0942. The van der Waals surface area contributed by atoms with E-state index in [1.54, 1.807) is 19.0 Å². The van der Waals surface area contributed by atoms with E-state index < -0.39 is 12.0 Å². The van der Waals surface area contributed by atoms with E-state index in [0.717, 1.165) is 32.1 Å². The second-order valence-corrected chi connectivity index (χ2v) is 6.52. The molecule has 0 bridgehead atoms. The molecule has 5 heteroatoms. The zero-order chi connectivity index (χ0) is 18.2. The average molecular weight is 341 g/mol. The third kappa shape index (κ3) is 13.1. The highest BCUT2D eigenvalue weighted by molar-refractivity contribution is 5.75. The number of allylic oxidation sites excluding steroid dienone is 2. The summed E-state index contributed by atoms with van der Waals surface area (Å²) in [5.41, 5.74) is 0. The average Bonchev–Trinajstić information content (AvgIpc) is 2.52. The molecule has 140 valence electrons. The number of rotatable bonds is 15. The summed E-state index contributed by atoms with van der Waals surface area (Å²) in [5, 5.41) is 12.0. The van der Waals surface area contributed by atoms with Gasteiger partial charge in [-0.1, -0.05) is 31.9 Å². The molecule has 2 N–H and O–H groups in total. The van der Waals surface area contributed by atoms with E-state index in [4.69, 9.17) is 5.11 Å². The number of amides is 1. The molecular formula is C19H36N2O3. The number of carboxylic acid groups (broad SMARTS) is 1. The molecule has 0 aliphatic heterocycles. The third-order valence-corrected chi connectivity index (χ3v) is 4.05. The molecule has 0 saturated carbocycles. The van der Waals surface area contributed by atoms with Crippen LogP contribution in [0.15, 0.2) is 12.2 Å². The molecular weight excluding hydrogens is 304 g/mol. The number of likely N-dealkylation sites (N-methyl/N-ethyl adjacent to an activating group) is 1. The van der Waals surface area contributed by atoms with E-state index in [2.05, 4.69) is 24.4 Å². The van der Waals surface area contributed by atoms with E-state index in [0.29, 0.717) is 19.4 Å². The van der Waals surface area contributed by atoms with Crippen LogP contribution in [0.3, 0.4) is 0 Å². The molecule has 0 aliphatic carbocycles. The van der Waals surface area contributed by atoms with Gasteiger partial charge in [0.1, 0.15) is 6.04 Å². The van der Waals surface area contributed by atoms with Crippen LogP contribution in [-0.4, -0.2) is 48.6 Å². The Morgan fingerprint density at radius 2 is 1.71 bits per heavy atom. The lowest BCUT2D eigenvalue weighted by atomic mass is 10.1. The molecule has 0 aromatic rings. The van der Waals surface area contributed by atoms with Gasteiger partial charge < -0.3 is 10.4 Å². The van der Waals surface area contributed by atoms with Crippen molar-refractivity contribution in [2.75, 3.05) is 20.6 Å². The van der Waals surface area contributed by atoms with Crippen molar-refractivity contribution in [2.45, 2.75) is 77.2 Å². The Hall–Kier alpha value is -1.36. The quantitative estimate of drug-likeness (QED) is 0.353. The van der Waals surface area contributed by atoms with Crippen LogP contribution in [0.1, 0.15) is 71.1 Å². The van der Waals surface area contributed by atoms with Crippen molar-refractivity contribution in [3.05, 3.63) is 12.2 Å². The lowest BCUT2D eigenvalue weighted by Gasteiger charge is -2.19.